The zero-order valence-electron chi connectivity index (χ0n) is 13.0. The predicted molar refractivity (Wildman–Crippen MR) is 75.6 cm³/mol. The number of ether oxygens (including phenoxy) is 4. The van der Waals surface area contributed by atoms with E-state index in [4.69, 9.17) is 24.7 Å². The highest BCUT2D eigenvalue weighted by Crippen LogP contribution is 2.24. The molecule has 7 heteroatoms. The van der Waals surface area contributed by atoms with Gasteiger partial charge >= 0.3 is 5.97 Å². The zero-order valence-corrected chi connectivity index (χ0v) is 13.0. The Balaban J connectivity index is 2.79. The lowest BCUT2D eigenvalue weighted by atomic mass is 9.97. The molecule has 0 radical (unpaired) electrons. The van der Waals surface area contributed by atoms with Gasteiger partial charge in [0.1, 0.15) is 12.2 Å². The Morgan fingerprint density at radius 3 is 2.48 bits per heavy atom. The summed E-state index contributed by atoms with van der Waals surface area (Å²) in [5, 5.41) is 9.90. The van der Waals surface area contributed by atoms with Crippen LogP contribution in [0.15, 0.2) is 0 Å². The van der Waals surface area contributed by atoms with Gasteiger partial charge in [-0.1, -0.05) is 13.8 Å². The van der Waals surface area contributed by atoms with Crippen molar-refractivity contribution in [3.05, 3.63) is 0 Å². The highest BCUT2D eigenvalue weighted by molar-refractivity contribution is 5.66. The molecule has 0 bridgehead atoms. The number of aliphatic hydroxyl groups is 1. The molecule has 0 aliphatic carbocycles. The minimum atomic E-state index is -1.17. The molecule has 0 aromatic carbocycles. The zero-order chi connectivity index (χ0) is 15.8. The van der Waals surface area contributed by atoms with Gasteiger partial charge in [-0.15, -0.1) is 0 Å². The quantitative estimate of drug-likeness (QED) is 0.487. The van der Waals surface area contributed by atoms with Crippen molar-refractivity contribution in [3.63, 3.8) is 0 Å². The Morgan fingerprint density at radius 1 is 1.24 bits per heavy atom. The van der Waals surface area contributed by atoms with E-state index in [0.29, 0.717) is 13.2 Å². The van der Waals surface area contributed by atoms with Gasteiger partial charge in [-0.3, -0.25) is 4.79 Å². The van der Waals surface area contributed by atoms with Crippen LogP contribution in [0.3, 0.4) is 0 Å². The van der Waals surface area contributed by atoms with Crippen molar-refractivity contribution in [2.24, 2.45) is 5.73 Å². The highest BCUT2D eigenvalue weighted by atomic mass is 16.7. The van der Waals surface area contributed by atoms with E-state index in [0.717, 1.165) is 12.8 Å². The molecule has 1 heterocycles. The second kappa shape index (κ2) is 9.32. The summed E-state index contributed by atoms with van der Waals surface area (Å²) in [6, 6.07) is -0.775. The van der Waals surface area contributed by atoms with Crippen molar-refractivity contribution in [2.75, 3.05) is 19.8 Å². The normalized spacial score (nSPS) is 32.9. The molecule has 1 fully saturated rings. The van der Waals surface area contributed by atoms with Crippen LogP contribution in [0, 0.1) is 0 Å². The molecular formula is C14H27NO6. The lowest BCUT2D eigenvalue weighted by Crippen LogP contribution is -2.63. The summed E-state index contributed by atoms with van der Waals surface area (Å²) >= 11 is 0. The first kappa shape index (κ1) is 18.3. The van der Waals surface area contributed by atoms with E-state index in [2.05, 4.69) is 0 Å². The molecule has 7 nitrogen and oxygen atoms in total. The summed E-state index contributed by atoms with van der Waals surface area (Å²) in [4.78, 5) is 11.3. The summed E-state index contributed by atoms with van der Waals surface area (Å²) < 4.78 is 21.8. The topological polar surface area (TPSA) is 100 Å². The molecule has 0 amide bonds. The van der Waals surface area contributed by atoms with Crippen molar-refractivity contribution >= 4 is 5.97 Å². The van der Waals surface area contributed by atoms with E-state index in [1.807, 2.05) is 13.8 Å². The maximum atomic E-state index is 11.3. The summed E-state index contributed by atoms with van der Waals surface area (Å²) in [5.74, 6) is -0.447. The maximum Gasteiger partial charge on any atom is 0.303 e. The van der Waals surface area contributed by atoms with Gasteiger partial charge in [0.05, 0.1) is 12.6 Å². The first-order valence-corrected chi connectivity index (χ1v) is 7.46. The molecule has 1 aliphatic heterocycles. The number of carbonyl (C=O) groups is 1. The Labute approximate surface area is 125 Å². The number of aliphatic hydroxyl groups excluding tert-OH is 1. The molecular weight excluding hydrogens is 278 g/mol. The fourth-order valence-corrected chi connectivity index (χ4v) is 2.21. The molecule has 1 saturated heterocycles. The van der Waals surface area contributed by atoms with Gasteiger partial charge in [-0.05, 0) is 12.8 Å². The molecule has 5 atom stereocenters. The third kappa shape index (κ3) is 5.52. The summed E-state index contributed by atoms with van der Waals surface area (Å²) in [6.45, 7) is 6.51. The number of hydrogen-bond donors (Lipinski definition) is 2. The Kier molecular flexibility index (Phi) is 8.13. The number of esters is 1. The predicted octanol–water partition coefficient (Wildman–Crippen LogP) is 0.184. The number of nitrogens with two attached hydrogens (primary N) is 1. The Morgan fingerprint density at radius 2 is 1.90 bits per heavy atom. The highest BCUT2D eigenvalue weighted by Gasteiger charge is 2.46. The van der Waals surface area contributed by atoms with Crippen LogP contribution in [0.4, 0.5) is 0 Å². The summed E-state index contributed by atoms with van der Waals surface area (Å²) in [7, 11) is 0. The molecule has 3 N–H and O–H groups in total. The summed E-state index contributed by atoms with van der Waals surface area (Å²) in [6.07, 6.45) is -1.42. The van der Waals surface area contributed by atoms with E-state index in [-0.39, 0.29) is 6.61 Å². The SMILES string of the molecule is CCCOC[C@H]1OC(O)[C@H](N)[C@@H](OCCC)[C@@H]1OC(C)=O. The van der Waals surface area contributed by atoms with E-state index < -0.39 is 36.6 Å². The van der Waals surface area contributed by atoms with Crippen molar-refractivity contribution in [1.82, 2.24) is 0 Å². The molecule has 124 valence electrons. The number of carbonyl (C=O) groups excluding carboxylic acids is 1. The lowest BCUT2D eigenvalue weighted by molar-refractivity contribution is -0.265. The fraction of sp³-hybridized carbons (Fsp3) is 0.929. The minimum Gasteiger partial charge on any atom is -0.457 e. The third-order valence-corrected chi connectivity index (χ3v) is 3.16. The smallest absolute Gasteiger partial charge is 0.303 e. The molecule has 0 aromatic rings. The van der Waals surface area contributed by atoms with Crippen molar-refractivity contribution < 1.29 is 28.8 Å². The van der Waals surface area contributed by atoms with E-state index >= 15 is 0 Å². The number of rotatable bonds is 8. The van der Waals surface area contributed by atoms with Gasteiger partial charge in [-0.2, -0.15) is 0 Å². The third-order valence-electron chi connectivity index (χ3n) is 3.16. The molecule has 1 rings (SSSR count). The maximum absolute atomic E-state index is 11.3. The second-order valence-electron chi connectivity index (χ2n) is 5.13. The standard InChI is InChI=1S/C14H27NO6/c1-4-6-18-8-10-12(20-9(3)16)13(19-7-5-2)11(15)14(17)21-10/h10-14,17H,4-8,15H2,1-3H3/t10-,11-,12-,13-,14?/m1/s1. The van der Waals surface area contributed by atoms with Crippen molar-refractivity contribution in [3.8, 4) is 0 Å². The Bertz CT molecular complexity index is 314. The van der Waals surface area contributed by atoms with Crippen LogP contribution in [-0.4, -0.2) is 61.5 Å². The number of hydrogen-bond acceptors (Lipinski definition) is 7. The van der Waals surface area contributed by atoms with Crippen LogP contribution in [-0.2, 0) is 23.7 Å². The van der Waals surface area contributed by atoms with Crippen LogP contribution < -0.4 is 5.73 Å². The van der Waals surface area contributed by atoms with Gasteiger partial charge in [-0.25, -0.2) is 0 Å². The summed E-state index contributed by atoms with van der Waals surface area (Å²) in [5.41, 5.74) is 5.91. The van der Waals surface area contributed by atoms with Gasteiger partial charge < -0.3 is 29.8 Å². The van der Waals surface area contributed by atoms with Gasteiger partial charge in [0, 0.05) is 20.1 Å². The molecule has 21 heavy (non-hydrogen) atoms. The van der Waals surface area contributed by atoms with E-state index in [9.17, 15) is 9.90 Å². The van der Waals surface area contributed by atoms with Gasteiger partial charge in [0.25, 0.3) is 0 Å². The van der Waals surface area contributed by atoms with E-state index in [1.54, 1.807) is 0 Å². The van der Waals surface area contributed by atoms with Crippen LogP contribution in [0.5, 0.6) is 0 Å². The average molecular weight is 305 g/mol. The average Bonchev–Trinajstić information content (AvgIpc) is 2.43. The first-order chi connectivity index (χ1) is 10.0. The van der Waals surface area contributed by atoms with Gasteiger partial charge in [0.15, 0.2) is 12.4 Å². The van der Waals surface area contributed by atoms with Crippen LogP contribution in [0.2, 0.25) is 0 Å². The van der Waals surface area contributed by atoms with Crippen molar-refractivity contribution in [2.45, 2.75) is 64.3 Å². The van der Waals surface area contributed by atoms with Crippen LogP contribution >= 0.6 is 0 Å². The molecule has 1 aliphatic rings. The van der Waals surface area contributed by atoms with Crippen LogP contribution in [0.1, 0.15) is 33.6 Å². The van der Waals surface area contributed by atoms with Gasteiger partial charge in [0.2, 0.25) is 0 Å². The second-order valence-corrected chi connectivity index (χ2v) is 5.13. The largest absolute Gasteiger partial charge is 0.457 e. The monoisotopic (exact) mass is 305 g/mol. The molecule has 0 aromatic heterocycles. The fourth-order valence-electron chi connectivity index (χ4n) is 2.21. The first-order valence-electron chi connectivity index (χ1n) is 7.46. The molecule has 0 saturated carbocycles. The molecule has 1 unspecified atom stereocenters. The lowest BCUT2D eigenvalue weighted by Gasteiger charge is -2.42. The molecule has 0 spiro atoms. The van der Waals surface area contributed by atoms with E-state index in [1.165, 1.54) is 6.92 Å². The minimum absolute atomic E-state index is 0.210. The van der Waals surface area contributed by atoms with Crippen molar-refractivity contribution in [1.29, 1.82) is 0 Å². The Hall–Kier alpha value is -0.730. The van der Waals surface area contributed by atoms with Crippen LogP contribution in [0.25, 0.3) is 0 Å².